The fourth-order valence-electron chi connectivity index (χ4n) is 3.20. The third kappa shape index (κ3) is 8.32. The summed E-state index contributed by atoms with van der Waals surface area (Å²) in [6.07, 6.45) is 2.79. The van der Waals surface area contributed by atoms with Crippen molar-refractivity contribution >= 4 is 55.1 Å². The molecule has 7 nitrogen and oxygen atoms in total. The number of carbonyl (C=O) groups excluding carboxylic acids is 2. The van der Waals surface area contributed by atoms with Crippen LogP contribution in [0.1, 0.15) is 32.3 Å². The summed E-state index contributed by atoms with van der Waals surface area (Å²) < 4.78 is 26.9. The highest BCUT2D eigenvalue weighted by Gasteiger charge is 2.30. The van der Waals surface area contributed by atoms with E-state index < -0.39 is 28.5 Å². The molecular weight excluding hydrogens is 530 g/mol. The molecule has 2 amide bonds. The van der Waals surface area contributed by atoms with E-state index in [9.17, 15) is 18.0 Å². The Morgan fingerprint density at radius 2 is 1.85 bits per heavy atom. The van der Waals surface area contributed by atoms with Crippen LogP contribution in [0.15, 0.2) is 53.0 Å². The summed E-state index contributed by atoms with van der Waals surface area (Å²) in [6, 6.07) is 12.9. The molecule has 0 fully saturated rings. The van der Waals surface area contributed by atoms with E-state index in [2.05, 4.69) is 21.2 Å². The topological polar surface area (TPSA) is 86.8 Å². The highest BCUT2D eigenvalue weighted by Crippen LogP contribution is 2.23. The van der Waals surface area contributed by atoms with Gasteiger partial charge in [-0.2, -0.15) is 0 Å². The molecule has 0 bridgehead atoms. The molecular formula is C23H29BrClN3O4S. The van der Waals surface area contributed by atoms with Crippen molar-refractivity contribution in [3.63, 3.8) is 0 Å². The number of carbonyl (C=O) groups is 2. The van der Waals surface area contributed by atoms with Crippen LogP contribution < -0.4 is 9.62 Å². The standard InChI is InChI=1S/C23H29BrClN3O4S/c1-4-5-12-26-23(30)17(2)27(15-18-8-6-9-19(24)13-18)22(29)16-28(33(3,31)32)21-11-7-10-20(25)14-21/h6-11,13-14,17H,4-5,12,15-16H2,1-3H3,(H,26,30)/t17-/m0/s1. The monoisotopic (exact) mass is 557 g/mol. The van der Waals surface area contributed by atoms with E-state index in [1.54, 1.807) is 25.1 Å². The van der Waals surface area contributed by atoms with Crippen LogP contribution in [0.4, 0.5) is 5.69 Å². The summed E-state index contributed by atoms with van der Waals surface area (Å²) >= 11 is 9.46. The van der Waals surface area contributed by atoms with E-state index in [0.29, 0.717) is 11.6 Å². The van der Waals surface area contributed by atoms with Crippen LogP contribution in [-0.2, 0) is 26.2 Å². The number of benzene rings is 2. The molecule has 2 aromatic rings. The van der Waals surface area contributed by atoms with E-state index in [4.69, 9.17) is 11.6 Å². The normalized spacial score (nSPS) is 12.2. The first-order chi connectivity index (χ1) is 15.5. The van der Waals surface area contributed by atoms with Gasteiger partial charge in [0.25, 0.3) is 0 Å². The van der Waals surface area contributed by atoms with Crippen LogP contribution in [0, 0.1) is 0 Å². The molecule has 10 heteroatoms. The smallest absolute Gasteiger partial charge is 0.244 e. The zero-order chi connectivity index (χ0) is 24.6. The van der Waals surface area contributed by atoms with Gasteiger partial charge in [-0.05, 0) is 49.2 Å². The van der Waals surface area contributed by atoms with E-state index in [1.807, 2.05) is 31.2 Å². The lowest BCUT2D eigenvalue weighted by molar-refractivity contribution is -0.139. The molecule has 0 aromatic heterocycles. The van der Waals surface area contributed by atoms with Crippen molar-refractivity contribution in [2.75, 3.05) is 23.7 Å². The molecule has 0 saturated heterocycles. The van der Waals surface area contributed by atoms with Crippen LogP contribution >= 0.6 is 27.5 Å². The second-order valence-electron chi connectivity index (χ2n) is 7.72. The molecule has 2 aromatic carbocycles. The van der Waals surface area contributed by atoms with E-state index in [-0.39, 0.29) is 18.1 Å². The zero-order valence-corrected chi connectivity index (χ0v) is 22.1. The van der Waals surface area contributed by atoms with Gasteiger partial charge in [-0.1, -0.05) is 59.1 Å². The minimum absolute atomic E-state index is 0.147. The molecule has 0 saturated carbocycles. The van der Waals surface area contributed by atoms with Gasteiger partial charge in [0.1, 0.15) is 12.6 Å². The van der Waals surface area contributed by atoms with Crippen molar-refractivity contribution in [1.29, 1.82) is 0 Å². The van der Waals surface area contributed by atoms with Gasteiger partial charge in [-0.3, -0.25) is 13.9 Å². The quantitative estimate of drug-likeness (QED) is 0.419. The molecule has 0 aliphatic heterocycles. The average molecular weight is 559 g/mol. The van der Waals surface area contributed by atoms with Crippen LogP contribution in [-0.4, -0.2) is 50.5 Å². The Bertz CT molecular complexity index is 1080. The third-order valence-electron chi connectivity index (χ3n) is 5.01. The summed E-state index contributed by atoms with van der Waals surface area (Å²) in [7, 11) is -3.79. The molecule has 1 atom stereocenters. The van der Waals surface area contributed by atoms with E-state index >= 15 is 0 Å². The number of rotatable bonds is 11. The Morgan fingerprint density at radius 3 is 2.45 bits per heavy atom. The van der Waals surface area contributed by atoms with Crippen LogP contribution in [0.2, 0.25) is 5.02 Å². The maximum atomic E-state index is 13.4. The number of amides is 2. The number of anilines is 1. The van der Waals surface area contributed by atoms with Gasteiger partial charge in [-0.15, -0.1) is 0 Å². The Kier molecular flexibility index (Phi) is 10.2. The summed E-state index contributed by atoms with van der Waals surface area (Å²) in [5.41, 5.74) is 1.08. The van der Waals surface area contributed by atoms with Crippen molar-refractivity contribution in [3.8, 4) is 0 Å². The van der Waals surface area contributed by atoms with Crippen molar-refractivity contribution in [1.82, 2.24) is 10.2 Å². The van der Waals surface area contributed by atoms with Crippen molar-refractivity contribution in [2.45, 2.75) is 39.3 Å². The van der Waals surface area contributed by atoms with Gasteiger partial charge in [0.05, 0.1) is 11.9 Å². The van der Waals surface area contributed by atoms with Crippen LogP contribution in [0.25, 0.3) is 0 Å². The Morgan fingerprint density at radius 1 is 1.15 bits per heavy atom. The fraction of sp³-hybridized carbons (Fsp3) is 0.391. The van der Waals surface area contributed by atoms with Crippen LogP contribution in [0.3, 0.4) is 0 Å². The van der Waals surface area contributed by atoms with Gasteiger partial charge in [0.15, 0.2) is 0 Å². The summed E-state index contributed by atoms with van der Waals surface area (Å²) in [5, 5.41) is 3.20. The summed E-state index contributed by atoms with van der Waals surface area (Å²) in [5.74, 6) is -0.793. The average Bonchev–Trinajstić information content (AvgIpc) is 2.74. The molecule has 0 aliphatic carbocycles. The van der Waals surface area contributed by atoms with Gasteiger partial charge in [-0.25, -0.2) is 8.42 Å². The van der Waals surface area contributed by atoms with Crippen molar-refractivity contribution in [3.05, 3.63) is 63.6 Å². The largest absolute Gasteiger partial charge is 0.354 e. The van der Waals surface area contributed by atoms with Gasteiger partial charge in [0, 0.05) is 22.6 Å². The number of sulfonamides is 1. The highest BCUT2D eigenvalue weighted by molar-refractivity contribution is 9.10. The van der Waals surface area contributed by atoms with E-state index in [1.165, 1.54) is 11.0 Å². The first-order valence-electron chi connectivity index (χ1n) is 10.6. The summed E-state index contributed by atoms with van der Waals surface area (Å²) in [4.78, 5) is 27.6. The molecule has 0 heterocycles. The van der Waals surface area contributed by atoms with Gasteiger partial charge < -0.3 is 10.2 Å². The van der Waals surface area contributed by atoms with Gasteiger partial charge in [0.2, 0.25) is 21.8 Å². The number of nitrogens with zero attached hydrogens (tertiary/aromatic N) is 2. The third-order valence-corrected chi connectivity index (χ3v) is 6.88. The van der Waals surface area contributed by atoms with Crippen molar-refractivity contribution < 1.29 is 18.0 Å². The summed E-state index contributed by atoms with van der Waals surface area (Å²) in [6.45, 7) is 3.86. The molecule has 33 heavy (non-hydrogen) atoms. The molecule has 0 aliphatic rings. The minimum Gasteiger partial charge on any atom is -0.354 e. The number of halogens is 2. The second kappa shape index (κ2) is 12.4. The molecule has 180 valence electrons. The lowest BCUT2D eigenvalue weighted by Gasteiger charge is -2.31. The van der Waals surface area contributed by atoms with E-state index in [0.717, 1.165) is 33.4 Å². The molecule has 0 unspecified atom stereocenters. The maximum absolute atomic E-state index is 13.4. The first-order valence-corrected chi connectivity index (χ1v) is 13.6. The fourth-order valence-corrected chi connectivity index (χ4v) is 4.67. The first kappa shape index (κ1) is 27.1. The Labute approximate surface area is 209 Å². The predicted octanol–water partition coefficient (Wildman–Crippen LogP) is 4.20. The molecule has 1 N–H and O–H groups in total. The SMILES string of the molecule is CCCCNC(=O)[C@H](C)N(Cc1cccc(Br)c1)C(=O)CN(c1cccc(Cl)c1)S(C)(=O)=O. The van der Waals surface area contributed by atoms with Crippen LogP contribution in [0.5, 0.6) is 0 Å². The number of hydrogen-bond donors (Lipinski definition) is 1. The number of hydrogen-bond acceptors (Lipinski definition) is 4. The van der Waals surface area contributed by atoms with Crippen molar-refractivity contribution in [2.24, 2.45) is 0 Å². The minimum atomic E-state index is -3.79. The highest BCUT2D eigenvalue weighted by atomic mass is 79.9. The van der Waals surface area contributed by atoms with Gasteiger partial charge >= 0.3 is 0 Å². The maximum Gasteiger partial charge on any atom is 0.244 e. The molecule has 0 radical (unpaired) electrons. The Hall–Kier alpha value is -2.10. The molecule has 0 spiro atoms. The lowest BCUT2D eigenvalue weighted by Crippen LogP contribution is -2.51. The molecule has 2 rings (SSSR count). The lowest BCUT2D eigenvalue weighted by atomic mass is 10.1. The zero-order valence-electron chi connectivity index (χ0n) is 18.9. The number of nitrogens with one attached hydrogen (secondary N) is 1. The number of unbranched alkanes of at least 4 members (excludes halogenated alkanes) is 1. The Balaban J connectivity index is 2.34. The predicted molar refractivity (Wildman–Crippen MR) is 136 cm³/mol. The second-order valence-corrected chi connectivity index (χ2v) is 11.0.